The Morgan fingerprint density at radius 1 is 1.50 bits per heavy atom. The van der Waals surface area contributed by atoms with E-state index in [0.29, 0.717) is 6.04 Å². The van der Waals surface area contributed by atoms with Crippen LogP contribution in [0.4, 0.5) is 0 Å². The van der Waals surface area contributed by atoms with Gasteiger partial charge in [-0.3, -0.25) is 9.58 Å². The van der Waals surface area contributed by atoms with Crippen LogP contribution in [-0.4, -0.2) is 40.9 Å². The molecule has 0 aromatic carbocycles. The zero-order valence-electron chi connectivity index (χ0n) is 10.9. The molecule has 0 radical (unpaired) electrons. The SMILES string of the molecule is CCNCC(CC)N(C)Cc1cnn(C)c1. The number of aromatic nitrogens is 2. The third-order valence-electron chi connectivity index (χ3n) is 2.91. The molecule has 0 aliphatic rings. The lowest BCUT2D eigenvalue weighted by molar-refractivity contribution is 0.222. The molecule has 1 unspecified atom stereocenters. The fourth-order valence-electron chi connectivity index (χ4n) is 1.89. The first-order valence-corrected chi connectivity index (χ1v) is 6.05. The second-order valence-electron chi connectivity index (χ2n) is 4.31. The highest BCUT2D eigenvalue weighted by atomic mass is 15.2. The van der Waals surface area contributed by atoms with E-state index in [0.717, 1.165) is 19.6 Å². The second-order valence-corrected chi connectivity index (χ2v) is 4.31. The van der Waals surface area contributed by atoms with Crippen LogP contribution in [-0.2, 0) is 13.6 Å². The van der Waals surface area contributed by atoms with E-state index in [-0.39, 0.29) is 0 Å². The van der Waals surface area contributed by atoms with E-state index in [2.05, 4.69) is 42.4 Å². The quantitative estimate of drug-likeness (QED) is 0.756. The lowest BCUT2D eigenvalue weighted by Gasteiger charge is -2.26. The molecule has 1 aromatic heterocycles. The fraction of sp³-hybridized carbons (Fsp3) is 0.750. The number of hydrogen-bond donors (Lipinski definition) is 1. The van der Waals surface area contributed by atoms with Gasteiger partial charge in [0.25, 0.3) is 0 Å². The Hall–Kier alpha value is -0.870. The topological polar surface area (TPSA) is 33.1 Å². The van der Waals surface area contributed by atoms with Gasteiger partial charge in [0.15, 0.2) is 0 Å². The van der Waals surface area contributed by atoms with Crippen LogP contribution in [0.5, 0.6) is 0 Å². The van der Waals surface area contributed by atoms with Crippen LogP contribution >= 0.6 is 0 Å². The van der Waals surface area contributed by atoms with Crippen molar-refractivity contribution in [1.29, 1.82) is 0 Å². The Bertz CT molecular complexity index is 295. The van der Waals surface area contributed by atoms with Gasteiger partial charge in [-0.25, -0.2) is 0 Å². The Balaban J connectivity index is 2.45. The zero-order valence-corrected chi connectivity index (χ0v) is 10.9. The van der Waals surface area contributed by atoms with Crippen LogP contribution < -0.4 is 5.32 Å². The van der Waals surface area contributed by atoms with Crippen LogP contribution in [0.25, 0.3) is 0 Å². The molecule has 1 aromatic rings. The van der Waals surface area contributed by atoms with E-state index < -0.39 is 0 Å². The molecule has 4 heteroatoms. The molecule has 1 N–H and O–H groups in total. The highest BCUT2D eigenvalue weighted by molar-refractivity contribution is 5.03. The molecule has 0 aliphatic carbocycles. The minimum atomic E-state index is 0.597. The predicted molar refractivity (Wildman–Crippen MR) is 67.3 cm³/mol. The Labute approximate surface area is 98.6 Å². The van der Waals surface area contributed by atoms with Crippen molar-refractivity contribution in [2.45, 2.75) is 32.9 Å². The normalized spacial score (nSPS) is 13.3. The molecule has 4 nitrogen and oxygen atoms in total. The summed E-state index contributed by atoms with van der Waals surface area (Å²) >= 11 is 0. The molecule has 0 aliphatic heterocycles. The van der Waals surface area contributed by atoms with Gasteiger partial charge in [-0.05, 0) is 20.0 Å². The van der Waals surface area contributed by atoms with Crippen molar-refractivity contribution < 1.29 is 0 Å². The fourth-order valence-corrected chi connectivity index (χ4v) is 1.89. The third kappa shape index (κ3) is 3.94. The number of nitrogens with zero attached hydrogens (tertiary/aromatic N) is 3. The Morgan fingerprint density at radius 2 is 2.25 bits per heavy atom. The number of rotatable bonds is 7. The largest absolute Gasteiger partial charge is 0.315 e. The second kappa shape index (κ2) is 6.66. The summed E-state index contributed by atoms with van der Waals surface area (Å²) in [6, 6.07) is 0.597. The zero-order chi connectivity index (χ0) is 12.0. The number of aryl methyl sites for hydroxylation is 1. The molecule has 0 spiro atoms. The Morgan fingerprint density at radius 3 is 2.75 bits per heavy atom. The minimum absolute atomic E-state index is 0.597. The van der Waals surface area contributed by atoms with Crippen molar-refractivity contribution in [3.05, 3.63) is 18.0 Å². The van der Waals surface area contributed by atoms with Crippen molar-refractivity contribution >= 4 is 0 Å². The molecule has 0 saturated carbocycles. The predicted octanol–water partition coefficient (Wildman–Crippen LogP) is 1.24. The van der Waals surface area contributed by atoms with Gasteiger partial charge in [-0.15, -0.1) is 0 Å². The van der Waals surface area contributed by atoms with Crippen LogP contribution in [0, 0.1) is 0 Å². The number of hydrogen-bond acceptors (Lipinski definition) is 3. The van der Waals surface area contributed by atoms with Crippen molar-refractivity contribution in [2.75, 3.05) is 20.1 Å². The first-order chi connectivity index (χ1) is 7.67. The summed E-state index contributed by atoms with van der Waals surface area (Å²) in [6.07, 6.45) is 5.19. The van der Waals surface area contributed by atoms with E-state index in [4.69, 9.17) is 0 Å². The molecule has 0 amide bonds. The van der Waals surface area contributed by atoms with Gasteiger partial charge in [-0.1, -0.05) is 13.8 Å². The van der Waals surface area contributed by atoms with Gasteiger partial charge in [0, 0.05) is 37.9 Å². The maximum absolute atomic E-state index is 4.19. The molecule has 1 atom stereocenters. The van der Waals surface area contributed by atoms with Crippen LogP contribution in [0.2, 0.25) is 0 Å². The van der Waals surface area contributed by atoms with Gasteiger partial charge in [0.1, 0.15) is 0 Å². The monoisotopic (exact) mass is 224 g/mol. The van der Waals surface area contributed by atoms with Crippen molar-refractivity contribution in [1.82, 2.24) is 20.0 Å². The van der Waals surface area contributed by atoms with Gasteiger partial charge >= 0.3 is 0 Å². The molecule has 1 heterocycles. The molecule has 16 heavy (non-hydrogen) atoms. The molecule has 0 saturated heterocycles. The highest BCUT2D eigenvalue weighted by Gasteiger charge is 2.12. The first kappa shape index (κ1) is 13.2. The van der Waals surface area contributed by atoms with Gasteiger partial charge in [-0.2, -0.15) is 5.10 Å². The van der Waals surface area contributed by atoms with E-state index in [1.54, 1.807) is 0 Å². The van der Waals surface area contributed by atoms with Crippen LogP contribution in [0.3, 0.4) is 0 Å². The molecular formula is C12H24N4. The summed E-state index contributed by atoms with van der Waals surface area (Å²) in [5.41, 5.74) is 1.28. The lowest BCUT2D eigenvalue weighted by Crippen LogP contribution is -2.39. The molecule has 1 rings (SSSR count). The average Bonchev–Trinajstić information content (AvgIpc) is 2.65. The first-order valence-electron chi connectivity index (χ1n) is 6.05. The summed E-state index contributed by atoms with van der Waals surface area (Å²) < 4.78 is 1.86. The van der Waals surface area contributed by atoms with Crippen LogP contribution in [0.15, 0.2) is 12.4 Å². The van der Waals surface area contributed by atoms with E-state index in [9.17, 15) is 0 Å². The molecule has 0 bridgehead atoms. The summed E-state index contributed by atoms with van der Waals surface area (Å²) in [5, 5.41) is 7.60. The highest BCUT2D eigenvalue weighted by Crippen LogP contribution is 2.07. The molecule has 92 valence electrons. The third-order valence-corrected chi connectivity index (χ3v) is 2.91. The van der Waals surface area contributed by atoms with Gasteiger partial charge < -0.3 is 5.32 Å². The van der Waals surface area contributed by atoms with Crippen LogP contribution in [0.1, 0.15) is 25.8 Å². The van der Waals surface area contributed by atoms with Gasteiger partial charge in [0.2, 0.25) is 0 Å². The van der Waals surface area contributed by atoms with E-state index in [1.807, 2.05) is 17.9 Å². The molecular weight excluding hydrogens is 200 g/mol. The van der Waals surface area contributed by atoms with Crippen molar-refractivity contribution in [3.63, 3.8) is 0 Å². The lowest BCUT2D eigenvalue weighted by atomic mass is 10.2. The van der Waals surface area contributed by atoms with Crippen molar-refractivity contribution in [2.24, 2.45) is 7.05 Å². The standard InChI is InChI=1S/C12H24N4/c1-5-12(8-13-6-2)15(3)9-11-7-14-16(4)10-11/h7,10,12-13H,5-6,8-9H2,1-4H3. The van der Waals surface area contributed by atoms with E-state index in [1.165, 1.54) is 12.0 Å². The smallest absolute Gasteiger partial charge is 0.0534 e. The van der Waals surface area contributed by atoms with Crippen molar-refractivity contribution in [3.8, 4) is 0 Å². The van der Waals surface area contributed by atoms with Gasteiger partial charge in [0.05, 0.1) is 6.20 Å². The summed E-state index contributed by atoms with van der Waals surface area (Å²) in [5.74, 6) is 0. The maximum Gasteiger partial charge on any atom is 0.0534 e. The minimum Gasteiger partial charge on any atom is -0.315 e. The maximum atomic E-state index is 4.19. The summed E-state index contributed by atoms with van der Waals surface area (Å²) in [7, 11) is 4.14. The Kier molecular flexibility index (Phi) is 5.49. The number of likely N-dealkylation sites (N-methyl/N-ethyl adjacent to an activating group) is 2. The summed E-state index contributed by atoms with van der Waals surface area (Å²) in [4.78, 5) is 2.39. The number of nitrogens with one attached hydrogen (secondary N) is 1. The molecule has 0 fully saturated rings. The van der Waals surface area contributed by atoms with E-state index >= 15 is 0 Å². The summed E-state index contributed by atoms with van der Waals surface area (Å²) in [6.45, 7) is 7.45. The average molecular weight is 224 g/mol.